The second-order valence-electron chi connectivity index (χ2n) is 8.18. The molecule has 1 atom stereocenters. The standard InChI is InChI=1S/C25H29N3O4/c29-23(20-6-4-13-26-16-20)18-9-11-19(12-10-18)25-28-22(17-32-25)24(30)27-14-5-15-31-21-7-2-1-3-8-21/h4,6,9-13,16,21-22H,1-3,5,7-8,14-15,17H2,(H,27,30). The smallest absolute Gasteiger partial charge is 0.248 e. The minimum atomic E-state index is -0.555. The lowest BCUT2D eigenvalue weighted by atomic mass is 9.98. The molecule has 1 fully saturated rings. The van der Waals surface area contributed by atoms with Gasteiger partial charge in [-0.1, -0.05) is 31.4 Å². The molecule has 168 valence electrons. The van der Waals surface area contributed by atoms with Gasteiger partial charge in [0, 0.05) is 42.2 Å². The van der Waals surface area contributed by atoms with Gasteiger partial charge in [0.15, 0.2) is 11.8 Å². The number of nitrogens with one attached hydrogen (secondary N) is 1. The molecule has 4 rings (SSSR count). The number of rotatable bonds is 9. The van der Waals surface area contributed by atoms with E-state index in [1.54, 1.807) is 48.8 Å². The summed E-state index contributed by atoms with van der Waals surface area (Å²) >= 11 is 0. The number of hydrogen-bond donors (Lipinski definition) is 1. The summed E-state index contributed by atoms with van der Waals surface area (Å²) in [4.78, 5) is 33.3. The molecule has 1 aromatic heterocycles. The third kappa shape index (κ3) is 5.79. The van der Waals surface area contributed by atoms with Gasteiger partial charge in [-0.05, 0) is 43.5 Å². The van der Waals surface area contributed by atoms with Crippen molar-refractivity contribution in [2.45, 2.75) is 50.7 Å². The lowest BCUT2D eigenvalue weighted by Crippen LogP contribution is -2.35. The summed E-state index contributed by atoms with van der Waals surface area (Å²) in [6, 6.07) is 9.94. The van der Waals surface area contributed by atoms with Crippen LogP contribution in [-0.4, -0.2) is 54.5 Å². The SMILES string of the molecule is O=C(c1ccc(C2=NC(C(=O)NCCCOC3CCCCC3)CO2)cc1)c1cccnc1. The minimum absolute atomic E-state index is 0.0938. The highest BCUT2D eigenvalue weighted by Gasteiger charge is 2.26. The zero-order valence-electron chi connectivity index (χ0n) is 18.2. The van der Waals surface area contributed by atoms with Crippen LogP contribution in [0.15, 0.2) is 53.8 Å². The molecule has 7 nitrogen and oxygen atoms in total. The van der Waals surface area contributed by atoms with E-state index in [2.05, 4.69) is 15.3 Å². The first-order chi connectivity index (χ1) is 15.7. The van der Waals surface area contributed by atoms with Gasteiger partial charge in [-0.15, -0.1) is 0 Å². The first kappa shape index (κ1) is 22.1. The Labute approximate surface area is 188 Å². The Balaban J connectivity index is 1.23. The lowest BCUT2D eigenvalue weighted by Gasteiger charge is -2.21. The molecule has 1 aromatic carbocycles. The fourth-order valence-corrected chi connectivity index (χ4v) is 3.98. The number of amides is 1. The molecule has 0 saturated heterocycles. The van der Waals surface area contributed by atoms with Gasteiger partial charge in [-0.3, -0.25) is 14.6 Å². The molecule has 1 saturated carbocycles. The van der Waals surface area contributed by atoms with Crippen molar-refractivity contribution in [2.24, 2.45) is 4.99 Å². The van der Waals surface area contributed by atoms with Crippen LogP contribution in [0.4, 0.5) is 0 Å². The van der Waals surface area contributed by atoms with Crippen LogP contribution in [0.3, 0.4) is 0 Å². The first-order valence-electron chi connectivity index (χ1n) is 11.4. The number of ketones is 1. The summed E-state index contributed by atoms with van der Waals surface area (Å²) in [6.45, 7) is 1.46. The van der Waals surface area contributed by atoms with Gasteiger partial charge in [0.2, 0.25) is 11.8 Å². The predicted octanol–water partition coefficient (Wildman–Crippen LogP) is 3.31. The number of nitrogens with zero attached hydrogens (tertiary/aromatic N) is 2. The van der Waals surface area contributed by atoms with Crippen LogP contribution in [0.2, 0.25) is 0 Å². The van der Waals surface area contributed by atoms with E-state index in [0.29, 0.717) is 36.3 Å². The fraction of sp³-hybridized carbons (Fsp3) is 0.440. The van der Waals surface area contributed by atoms with E-state index in [0.717, 1.165) is 24.8 Å². The quantitative estimate of drug-likeness (QED) is 0.482. The number of benzene rings is 1. The first-order valence-corrected chi connectivity index (χ1v) is 11.4. The minimum Gasteiger partial charge on any atom is -0.475 e. The number of carbonyl (C=O) groups excluding carboxylic acids is 2. The second-order valence-corrected chi connectivity index (χ2v) is 8.18. The molecule has 32 heavy (non-hydrogen) atoms. The molecule has 1 amide bonds. The predicted molar refractivity (Wildman–Crippen MR) is 121 cm³/mol. The van der Waals surface area contributed by atoms with Crippen LogP contribution in [0, 0.1) is 0 Å². The van der Waals surface area contributed by atoms with Crippen molar-refractivity contribution in [3.63, 3.8) is 0 Å². The van der Waals surface area contributed by atoms with Crippen LogP contribution in [0.5, 0.6) is 0 Å². The molecule has 0 bridgehead atoms. The van der Waals surface area contributed by atoms with E-state index in [1.165, 1.54) is 19.3 Å². The third-order valence-electron chi connectivity index (χ3n) is 5.80. The second kappa shape index (κ2) is 11.0. The van der Waals surface area contributed by atoms with Gasteiger partial charge >= 0.3 is 0 Å². The molecule has 1 N–H and O–H groups in total. The van der Waals surface area contributed by atoms with E-state index < -0.39 is 6.04 Å². The molecule has 2 aliphatic rings. The van der Waals surface area contributed by atoms with E-state index in [-0.39, 0.29) is 18.3 Å². The number of carbonyl (C=O) groups is 2. The molecule has 1 aliphatic heterocycles. The summed E-state index contributed by atoms with van der Waals surface area (Å²) in [6.07, 6.45) is 10.5. The number of ether oxygens (including phenoxy) is 2. The largest absolute Gasteiger partial charge is 0.475 e. The highest BCUT2D eigenvalue weighted by Crippen LogP contribution is 2.20. The van der Waals surface area contributed by atoms with Gasteiger partial charge in [-0.2, -0.15) is 0 Å². The zero-order chi connectivity index (χ0) is 22.2. The number of aromatic nitrogens is 1. The maximum absolute atomic E-state index is 12.5. The maximum atomic E-state index is 12.5. The van der Waals surface area contributed by atoms with Gasteiger partial charge in [0.25, 0.3) is 0 Å². The summed E-state index contributed by atoms with van der Waals surface area (Å²) < 4.78 is 11.5. The van der Waals surface area contributed by atoms with Crippen molar-refractivity contribution in [2.75, 3.05) is 19.8 Å². The molecular weight excluding hydrogens is 406 g/mol. The Bertz CT molecular complexity index is 937. The number of pyridine rings is 1. The Morgan fingerprint density at radius 2 is 1.88 bits per heavy atom. The maximum Gasteiger partial charge on any atom is 0.248 e. The van der Waals surface area contributed by atoms with Gasteiger partial charge in [0.1, 0.15) is 6.61 Å². The van der Waals surface area contributed by atoms with Gasteiger partial charge in [0.05, 0.1) is 6.10 Å². The average molecular weight is 436 g/mol. The van der Waals surface area contributed by atoms with Crippen molar-refractivity contribution in [3.8, 4) is 0 Å². The molecule has 0 spiro atoms. The van der Waals surface area contributed by atoms with Crippen LogP contribution in [-0.2, 0) is 14.3 Å². The fourth-order valence-electron chi connectivity index (χ4n) is 3.98. The van der Waals surface area contributed by atoms with Crippen LogP contribution < -0.4 is 5.32 Å². The molecule has 1 unspecified atom stereocenters. The molecular formula is C25H29N3O4. The summed E-state index contributed by atoms with van der Waals surface area (Å²) in [5.74, 6) is 0.191. The van der Waals surface area contributed by atoms with Crippen LogP contribution in [0.25, 0.3) is 0 Å². The van der Waals surface area contributed by atoms with Crippen LogP contribution in [0.1, 0.15) is 60.0 Å². The average Bonchev–Trinajstić information content (AvgIpc) is 3.35. The van der Waals surface area contributed by atoms with Crippen molar-refractivity contribution in [1.82, 2.24) is 10.3 Å². The van der Waals surface area contributed by atoms with E-state index in [1.807, 2.05) is 0 Å². The van der Waals surface area contributed by atoms with Gasteiger partial charge < -0.3 is 14.8 Å². The summed E-state index contributed by atoms with van der Waals surface area (Å²) in [5, 5.41) is 2.92. The lowest BCUT2D eigenvalue weighted by molar-refractivity contribution is -0.122. The Morgan fingerprint density at radius 1 is 1.06 bits per heavy atom. The third-order valence-corrected chi connectivity index (χ3v) is 5.80. The number of aliphatic imine (C=N–C) groups is 1. The van der Waals surface area contributed by atoms with Crippen molar-refractivity contribution in [3.05, 3.63) is 65.5 Å². The van der Waals surface area contributed by atoms with Crippen molar-refractivity contribution >= 4 is 17.6 Å². The zero-order valence-corrected chi connectivity index (χ0v) is 18.2. The summed E-state index contributed by atoms with van der Waals surface area (Å²) in [7, 11) is 0. The summed E-state index contributed by atoms with van der Waals surface area (Å²) in [5.41, 5.74) is 1.84. The number of hydrogen-bond acceptors (Lipinski definition) is 6. The molecule has 0 radical (unpaired) electrons. The van der Waals surface area contributed by atoms with Crippen molar-refractivity contribution < 1.29 is 19.1 Å². The van der Waals surface area contributed by atoms with E-state index in [9.17, 15) is 9.59 Å². The Kier molecular flexibility index (Phi) is 7.61. The monoisotopic (exact) mass is 435 g/mol. The molecule has 7 heteroatoms. The van der Waals surface area contributed by atoms with E-state index >= 15 is 0 Å². The highest BCUT2D eigenvalue weighted by molar-refractivity contribution is 6.09. The van der Waals surface area contributed by atoms with Crippen LogP contribution >= 0.6 is 0 Å². The Hall–Kier alpha value is -3.06. The normalized spacial score (nSPS) is 18.6. The molecule has 2 aromatic rings. The molecule has 1 aliphatic carbocycles. The highest BCUT2D eigenvalue weighted by atomic mass is 16.5. The van der Waals surface area contributed by atoms with Gasteiger partial charge in [-0.25, -0.2) is 4.99 Å². The Morgan fingerprint density at radius 3 is 2.62 bits per heavy atom. The molecule has 2 heterocycles. The van der Waals surface area contributed by atoms with Crippen molar-refractivity contribution in [1.29, 1.82) is 0 Å². The topological polar surface area (TPSA) is 89.9 Å². The van der Waals surface area contributed by atoms with E-state index in [4.69, 9.17) is 9.47 Å².